The summed E-state index contributed by atoms with van der Waals surface area (Å²) in [5, 5.41) is 3.34. The van der Waals surface area contributed by atoms with Gasteiger partial charge in [0.1, 0.15) is 5.01 Å². The monoisotopic (exact) mass is 326 g/mol. The summed E-state index contributed by atoms with van der Waals surface area (Å²) in [7, 11) is 0. The van der Waals surface area contributed by atoms with Gasteiger partial charge in [-0.25, -0.2) is 4.98 Å². The number of allylic oxidation sites excluding steroid dienone is 1. The number of ketones is 1. The highest BCUT2D eigenvalue weighted by molar-refractivity contribution is 7.13. The third kappa shape index (κ3) is 3.47. The molecule has 0 amide bonds. The number of carbonyl (C=O) groups is 1. The Bertz CT molecular complexity index is 810. The number of halogens is 1. The predicted molar refractivity (Wildman–Crippen MR) is 90.2 cm³/mol. The summed E-state index contributed by atoms with van der Waals surface area (Å²) < 4.78 is 0. The fourth-order valence-electron chi connectivity index (χ4n) is 1.84. The molecule has 1 aromatic carbocycles. The number of hydrogen-bond acceptors (Lipinski definition) is 4. The van der Waals surface area contributed by atoms with Crippen LogP contribution in [0.4, 0.5) is 0 Å². The zero-order chi connectivity index (χ0) is 15.4. The summed E-state index contributed by atoms with van der Waals surface area (Å²) in [4.78, 5) is 20.8. The van der Waals surface area contributed by atoms with E-state index in [1.807, 2.05) is 23.6 Å². The standard InChI is InChI=1S/C17H11ClN2OS/c18-13-6-4-12(5-7-13)16(21)9-8-14-11-22-17(20-14)15-3-1-2-10-19-15/h1-11H. The quantitative estimate of drug-likeness (QED) is 0.513. The molecule has 3 aromatic rings. The molecule has 0 aliphatic carbocycles. The van der Waals surface area contributed by atoms with E-state index in [0.717, 1.165) is 16.4 Å². The maximum atomic E-state index is 12.0. The molecule has 0 fully saturated rings. The van der Waals surface area contributed by atoms with E-state index in [4.69, 9.17) is 11.6 Å². The molecule has 0 saturated heterocycles. The molecule has 5 heteroatoms. The van der Waals surface area contributed by atoms with E-state index >= 15 is 0 Å². The molecular formula is C17H11ClN2OS. The molecule has 2 aromatic heterocycles. The fourth-order valence-corrected chi connectivity index (χ4v) is 2.73. The molecule has 22 heavy (non-hydrogen) atoms. The molecule has 0 radical (unpaired) electrons. The molecule has 0 spiro atoms. The van der Waals surface area contributed by atoms with E-state index in [2.05, 4.69) is 9.97 Å². The summed E-state index contributed by atoms with van der Waals surface area (Å²) in [5.74, 6) is -0.0796. The zero-order valence-corrected chi connectivity index (χ0v) is 13.0. The van der Waals surface area contributed by atoms with Crippen molar-refractivity contribution >= 4 is 34.8 Å². The van der Waals surface area contributed by atoms with Crippen LogP contribution in [-0.2, 0) is 0 Å². The first kappa shape index (κ1) is 14.6. The first-order chi connectivity index (χ1) is 10.7. The van der Waals surface area contributed by atoms with Crippen LogP contribution in [0.2, 0.25) is 5.02 Å². The third-order valence-electron chi connectivity index (χ3n) is 2.94. The smallest absolute Gasteiger partial charge is 0.185 e. The fraction of sp³-hybridized carbons (Fsp3) is 0. The van der Waals surface area contributed by atoms with Crippen molar-refractivity contribution in [1.29, 1.82) is 0 Å². The van der Waals surface area contributed by atoms with Crippen molar-refractivity contribution in [3.63, 3.8) is 0 Å². The molecular weight excluding hydrogens is 316 g/mol. The van der Waals surface area contributed by atoms with Gasteiger partial charge in [-0.2, -0.15) is 0 Å². The maximum Gasteiger partial charge on any atom is 0.185 e. The van der Waals surface area contributed by atoms with E-state index in [9.17, 15) is 4.79 Å². The van der Waals surface area contributed by atoms with Gasteiger partial charge in [0.2, 0.25) is 0 Å². The lowest BCUT2D eigenvalue weighted by atomic mass is 10.1. The Morgan fingerprint density at radius 1 is 1.14 bits per heavy atom. The van der Waals surface area contributed by atoms with Gasteiger partial charge in [-0.3, -0.25) is 9.78 Å². The molecule has 0 saturated carbocycles. The van der Waals surface area contributed by atoms with Crippen LogP contribution in [0.3, 0.4) is 0 Å². The lowest BCUT2D eigenvalue weighted by molar-refractivity contribution is 0.104. The first-order valence-electron chi connectivity index (χ1n) is 6.57. The number of hydrogen-bond donors (Lipinski definition) is 0. The molecule has 3 nitrogen and oxygen atoms in total. The Labute approximate surface area is 136 Å². The minimum absolute atomic E-state index is 0.0796. The predicted octanol–water partition coefficient (Wildman–Crippen LogP) is 4.75. The van der Waals surface area contributed by atoms with Crippen LogP contribution in [0.25, 0.3) is 16.8 Å². The van der Waals surface area contributed by atoms with Crippen LogP contribution in [0.15, 0.2) is 60.1 Å². The second-order valence-corrected chi connectivity index (χ2v) is 5.79. The number of pyridine rings is 1. The topological polar surface area (TPSA) is 42.9 Å². The molecule has 0 aliphatic rings. The normalized spacial score (nSPS) is 11.0. The summed E-state index contributed by atoms with van der Waals surface area (Å²) in [5.41, 5.74) is 2.17. The zero-order valence-electron chi connectivity index (χ0n) is 11.4. The van der Waals surface area contributed by atoms with Crippen LogP contribution in [0, 0.1) is 0 Å². The van der Waals surface area contributed by atoms with Crippen LogP contribution >= 0.6 is 22.9 Å². The lowest BCUT2D eigenvalue weighted by Gasteiger charge is -1.95. The van der Waals surface area contributed by atoms with Gasteiger partial charge in [-0.15, -0.1) is 11.3 Å². The average Bonchev–Trinajstić information content (AvgIpc) is 3.03. The number of carbonyl (C=O) groups excluding carboxylic acids is 1. The van der Waals surface area contributed by atoms with Gasteiger partial charge in [0.15, 0.2) is 5.78 Å². The molecule has 0 unspecified atom stereocenters. The van der Waals surface area contributed by atoms with Gasteiger partial charge >= 0.3 is 0 Å². The van der Waals surface area contributed by atoms with Gasteiger partial charge in [0, 0.05) is 22.2 Å². The average molecular weight is 327 g/mol. The molecule has 108 valence electrons. The third-order valence-corrected chi connectivity index (χ3v) is 4.08. The number of thiazole rings is 1. The largest absolute Gasteiger partial charge is 0.289 e. The van der Waals surface area contributed by atoms with Gasteiger partial charge < -0.3 is 0 Å². The molecule has 0 bridgehead atoms. The van der Waals surface area contributed by atoms with E-state index in [1.165, 1.54) is 17.4 Å². The van der Waals surface area contributed by atoms with E-state index in [1.54, 1.807) is 36.5 Å². The number of nitrogens with zero attached hydrogens (tertiary/aromatic N) is 2. The lowest BCUT2D eigenvalue weighted by Crippen LogP contribution is -1.93. The van der Waals surface area contributed by atoms with E-state index < -0.39 is 0 Å². The van der Waals surface area contributed by atoms with E-state index in [0.29, 0.717) is 10.6 Å². The Hall–Kier alpha value is -2.30. The van der Waals surface area contributed by atoms with Gasteiger partial charge in [-0.1, -0.05) is 17.7 Å². The summed E-state index contributed by atoms with van der Waals surface area (Å²) in [6.07, 6.45) is 4.96. The van der Waals surface area contributed by atoms with E-state index in [-0.39, 0.29) is 5.78 Å². The first-order valence-corrected chi connectivity index (χ1v) is 7.83. The molecule has 0 aliphatic heterocycles. The minimum atomic E-state index is -0.0796. The molecule has 0 atom stereocenters. The number of benzene rings is 1. The minimum Gasteiger partial charge on any atom is -0.289 e. The summed E-state index contributed by atoms with van der Waals surface area (Å²) in [6, 6.07) is 12.5. The van der Waals surface area contributed by atoms with Crippen molar-refractivity contribution in [2.24, 2.45) is 0 Å². The van der Waals surface area contributed by atoms with Crippen molar-refractivity contribution < 1.29 is 4.79 Å². The Morgan fingerprint density at radius 3 is 2.68 bits per heavy atom. The second kappa shape index (κ2) is 6.64. The highest BCUT2D eigenvalue weighted by atomic mass is 35.5. The number of rotatable bonds is 4. The van der Waals surface area contributed by atoms with Gasteiger partial charge in [0.05, 0.1) is 11.4 Å². The Kier molecular flexibility index (Phi) is 4.42. The molecule has 3 rings (SSSR count). The highest BCUT2D eigenvalue weighted by Gasteiger charge is 2.05. The SMILES string of the molecule is O=C(C=Cc1csc(-c2ccccn2)n1)c1ccc(Cl)cc1. The van der Waals surface area contributed by atoms with Gasteiger partial charge in [0.25, 0.3) is 0 Å². The second-order valence-electron chi connectivity index (χ2n) is 4.50. The highest BCUT2D eigenvalue weighted by Crippen LogP contribution is 2.22. The Balaban J connectivity index is 1.75. The molecule has 2 heterocycles. The Morgan fingerprint density at radius 2 is 1.95 bits per heavy atom. The maximum absolute atomic E-state index is 12.0. The van der Waals surface area contributed by atoms with Gasteiger partial charge in [-0.05, 0) is 48.6 Å². The van der Waals surface area contributed by atoms with Crippen molar-refractivity contribution in [2.75, 3.05) is 0 Å². The van der Waals surface area contributed by atoms with Crippen molar-refractivity contribution in [3.8, 4) is 10.7 Å². The van der Waals surface area contributed by atoms with Crippen LogP contribution in [0.5, 0.6) is 0 Å². The van der Waals surface area contributed by atoms with Crippen molar-refractivity contribution in [3.05, 3.63) is 76.4 Å². The van der Waals surface area contributed by atoms with Crippen LogP contribution in [0.1, 0.15) is 16.1 Å². The van der Waals surface area contributed by atoms with Crippen LogP contribution < -0.4 is 0 Å². The molecule has 0 N–H and O–H groups in total. The van der Waals surface area contributed by atoms with Crippen molar-refractivity contribution in [1.82, 2.24) is 9.97 Å². The number of aromatic nitrogens is 2. The van der Waals surface area contributed by atoms with Crippen molar-refractivity contribution in [2.45, 2.75) is 0 Å². The van der Waals surface area contributed by atoms with Crippen LogP contribution in [-0.4, -0.2) is 15.8 Å². The summed E-state index contributed by atoms with van der Waals surface area (Å²) in [6.45, 7) is 0. The summed E-state index contributed by atoms with van der Waals surface area (Å²) >= 11 is 7.30.